The van der Waals surface area contributed by atoms with Gasteiger partial charge in [-0.05, 0) is 20.8 Å². The van der Waals surface area contributed by atoms with Crippen LogP contribution in [0.4, 0.5) is 8.78 Å². The van der Waals surface area contributed by atoms with Crippen molar-refractivity contribution >= 4 is 0 Å². The molecule has 0 saturated heterocycles. The summed E-state index contributed by atoms with van der Waals surface area (Å²) in [5.74, 6) is -0.749. The summed E-state index contributed by atoms with van der Waals surface area (Å²) in [6.07, 6.45) is 0. The van der Waals surface area contributed by atoms with E-state index < -0.39 is 11.6 Å². The van der Waals surface area contributed by atoms with E-state index in [4.69, 9.17) is 4.74 Å². The van der Waals surface area contributed by atoms with E-state index in [0.29, 0.717) is 6.61 Å². The third-order valence-corrected chi connectivity index (χ3v) is 2.35. The Labute approximate surface area is 107 Å². The summed E-state index contributed by atoms with van der Waals surface area (Å²) >= 11 is 0. The smallest absolute Gasteiger partial charge is 0.129 e. The van der Waals surface area contributed by atoms with Crippen LogP contribution in [-0.2, 0) is 0 Å². The Morgan fingerprint density at radius 2 is 1.72 bits per heavy atom. The Hall–Kier alpha value is -1.16. The van der Waals surface area contributed by atoms with Gasteiger partial charge in [0.05, 0.1) is 6.61 Å². The van der Waals surface area contributed by atoms with Crippen molar-refractivity contribution < 1.29 is 13.5 Å². The van der Waals surface area contributed by atoms with E-state index in [-0.39, 0.29) is 17.2 Å². The molecule has 0 saturated carbocycles. The molecule has 102 valence electrons. The molecule has 0 aromatic heterocycles. The van der Waals surface area contributed by atoms with Crippen LogP contribution >= 0.6 is 0 Å². The lowest BCUT2D eigenvalue weighted by atomic mass is 10.1. The molecule has 0 spiro atoms. The van der Waals surface area contributed by atoms with Gasteiger partial charge in [-0.25, -0.2) is 8.78 Å². The topological polar surface area (TPSA) is 21.3 Å². The number of nitrogens with one attached hydrogen (secondary N) is 1. The van der Waals surface area contributed by atoms with Crippen molar-refractivity contribution in [2.75, 3.05) is 13.2 Å². The quantitative estimate of drug-likeness (QED) is 0.873. The third kappa shape index (κ3) is 5.96. The standard InChI is InChI=1S/C14H21F2NO/c1-10(8-17-14(2,3)4)9-18-13-6-11(15)5-12(16)7-13/h5-7,10,17H,8-9H2,1-4H3. The SMILES string of the molecule is CC(CNC(C)(C)C)COc1cc(F)cc(F)c1. The largest absolute Gasteiger partial charge is 0.493 e. The van der Waals surface area contributed by atoms with E-state index in [9.17, 15) is 8.78 Å². The summed E-state index contributed by atoms with van der Waals surface area (Å²) < 4.78 is 31.2. The van der Waals surface area contributed by atoms with Crippen LogP contribution < -0.4 is 10.1 Å². The summed E-state index contributed by atoms with van der Waals surface area (Å²) in [5, 5.41) is 3.35. The Morgan fingerprint density at radius 3 is 2.22 bits per heavy atom. The first-order chi connectivity index (χ1) is 8.26. The van der Waals surface area contributed by atoms with Crippen LogP contribution in [-0.4, -0.2) is 18.7 Å². The van der Waals surface area contributed by atoms with Gasteiger partial charge in [-0.1, -0.05) is 6.92 Å². The van der Waals surface area contributed by atoms with Gasteiger partial charge in [-0.2, -0.15) is 0 Å². The molecule has 1 rings (SSSR count). The molecule has 0 aliphatic rings. The fourth-order valence-corrected chi connectivity index (χ4v) is 1.39. The molecule has 4 heteroatoms. The van der Waals surface area contributed by atoms with Gasteiger partial charge in [0.25, 0.3) is 0 Å². The molecular formula is C14H21F2NO. The van der Waals surface area contributed by atoms with Crippen molar-refractivity contribution in [3.63, 3.8) is 0 Å². The highest BCUT2D eigenvalue weighted by Gasteiger charge is 2.11. The molecule has 2 nitrogen and oxygen atoms in total. The van der Waals surface area contributed by atoms with Gasteiger partial charge in [0.2, 0.25) is 0 Å². The first-order valence-corrected chi connectivity index (χ1v) is 6.10. The molecule has 18 heavy (non-hydrogen) atoms. The second-order valence-electron chi connectivity index (χ2n) is 5.65. The Kier molecular flexibility index (Phi) is 5.08. The van der Waals surface area contributed by atoms with Crippen LogP contribution in [0.15, 0.2) is 18.2 Å². The van der Waals surface area contributed by atoms with Crippen LogP contribution in [0.2, 0.25) is 0 Å². The maximum Gasteiger partial charge on any atom is 0.129 e. The lowest BCUT2D eigenvalue weighted by Gasteiger charge is -2.23. The molecule has 0 aliphatic heterocycles. The Balaban J connectivity index is 2.40. The monoisotopic (exact) mass is 257 g/mol. The van der Waals surface area contributed by atoms with Gasteiger partial charge >= 0.3 is 0 Å². The predicted molar refractivity (Wildman–Crippen MR) is 68.8 cm³/mol. The summed E-state index contributed by atoms with van der Waals surface area (Å²) in [4.78, 5) is 0. The van der Waals surface area contributed by atoms with Crippen LogP contribution in [0.5, 0.6) is 5.75 Å². The van der Waals surface area contributed by atoms with E-state index in [1.165, 1.54) is 12.1 Å². The van der Waals surface area contributed by atoms with Crippen LogP contribution in [0, 0.1) is 17.6 Å². The van der Waals surface area contributed by atoms with Crippen LogP contribution in [0.25, 0.3) is 0 Å². The van der Waals surface area contributed by atoms with Crippen LogP contribution in [0.1, 0.15) is 27.7 Å². The predicted octanol–water partition coefficient (Wildman–Crippen LogP) is 3.37. The second kappa shape index (κ2) is 6.14. The van der Waals surface area contributed by atoms with Gasteiger partial charge in [0.15, 0.2) is 0 Å². The van der Waals surface area contributed by atoms with Crippen molar-refractivity contribution in [2.24, 2.45) is 5.92 Å². The molecule has 0 amide bonds. The minimum atomic E-state index is -0.620. The first kappa shape index (κ1) is 14.9. The minimum Gasteiger partial charge on any atom is -0.493 e. The molecule has 0 heterocycles. The van der Waals surface area contributed by atoms with E-state index >= 15 is 0 Å². The lowest BCUT2D eigenvalue weighted by molar-refractivity contribution is 0.242. The highest BCUT2D eigenvalue weighted by Crippen LogP contribution is 2.16. The van der Waals surface area contributed by atoms with Gasteiger partial charge in [-0.15, -0.1) is 0 Å². The fourth-order valence-electron chi connectivity index (χ4n) is 1.39. The summed E-state index contributed by atoms with van der Waals surface area (Å²) in [7, 11) is 0. The van der Waals surface area contributed by atoms with Crippen molar-refractivity contribution in [1.82, 2.24) is 5.32 Å². The number of hydrogen-bond acceptors (Lipinski definition) is 2. The first-order valence-electron chi connectivity index (χ1n) is 6.10. The van der Waals surface area contributed by atoms with E-state index in [1.807, 2.05) is 6.92 Å². The van der Waals surface area contributed by atoms with Crippen molar-refractivity contribution in [3.05, 3.63) is 29.8 Å². The lowest BCUT2D eigenvalue weighted by Crippen LogP contribution is -2.39. The fraction of sp³-hybridized carbons (Fsp3) is 0.571. The average Bonchev–Trinajstić information content (AvgIpc) is 2.21. The number of rotatable bonds is 5. The minimum absolute atomic E-state index is 0.0548. The summed E-state index contributed by atoms with van der Waals surface area (Å²) in [6, 6.07) is 3.21. The Morgan fingerprint density at radius 1 is 1.17 bits per heavy atom. The highest BCUT2D eigenvalue weighted by atomic mass is 19.1. The van der Waals surface area contributed by atoms with E-state index in [1.54, 1.807) is 0 Å². The molecule has 0 radical (unpaired) electrons. The molecule has 0 fully saturated rings. The summed E-state index contributed by atoms with van der Waals surface area (Å²) in [6.45, 7) is 9.50. The molecular weight excluding hydrogens is 236 g/mol. The molecule has 1 N–H and O–H groups in total. The van der Waals surface area contributed by atoms with Crippen molar-refractivity contribution in [2.45, 2.75) is 33.2 Å². The van der Waals surface area contributed by atoms with Gasteiger partial charge in [-0.3, -0.25) is 0 Å². The van der Waals surface area contributed by atoms with Crippen molar-refractivity contribution in [3.8, 4) is 5.75 Å². The molecule has 1 atom stereocenters. The number of benzene rings is 1. The van der Waals surface area contributed by atoms with E-state index in [0.717, 1.165) is 12.6 Å². The van der Waals surface area contributed by atoms with Gasteiger partial charge in [0.1, 0.15) is 17.4 Å². The van der Waals surface area contributed by atoms with Crippen LogP contribution in [0.3, 0.4) is 0 Å². The Bertz CT molecular complexity index is 368. The molecule has 0 bridgehead atoms. The number of halogens is 2. The average molecular weight is 257 g/mol. The molecule has 1 unspecified atom stereocenters. The molecule has 1 aromatic rings. The third-order valence-electron chi connectivity index (χ3n) is 2.35. The maximum absolute atomic E-state index is 12.9. The zero-order valence-corrected chi connectivity index (χ0v) is 11.4. The van der Waals surface area contributed by atoms with Gasteiger partial charge in [0, 0.05) is 36.2 Å². The second-order valence-corrected chi connectivity index (χ2v) is 5.65. The zero-order chi connectivity index (χ0) is 13.8. The van der Waals surface area contributed by atoms with Gasteiger partial charge < -0.3 is 10.1 Å². The number of hydrogen-bond donors (Lipinski definition) is 1. The molecule has 1 aromatic carbocycles. The normalized spacial score (nSPS) is 13.4. The maximum atomic E-state index is 12.9. The van der Waals surface area contributed by atoms with Crippen molar-refractivity contribution in [1.29, 1.82) is 0 Å². The molecule has 0 aliphatic carbocycles. The zero-order valence-electron chi connectivity index (χ0n) is 11.4. The van der Waals surface area contributed by atoms with E-state index in [2.05, 4.69) is 26.1 Å². The highest BCUT2D eigenvalue weighted by molar-refractivity contribution is 5.23. The number of ether oxygens (including phenoxy) is 1. The summed E-state index contributed by atoms with van der Waals surface area (Å²) in [5.41, 5.74) is 0.0548.